The third-order valence-corrected chi connectivity index (χ3v) is 4.89. The van der Waals surface area contributed by atoms with E-state index in [1.807, 2.05) is 45.0 Å². The number of carbonyl (C=O) groups is 1. The zero-order valence-electron chi connectivity index (χ0n) is 16.2. The van der Waals surface area contributed by atoms with Crippen molar-refractivity contribution in [3.05, 3.63) is 34.6 Å². The van der Waals surface area contributed by atoms with Crippen LogP contribution in [0.25, 0.3) is 10.9 Å². The van der Waals surface area contributed by atoms with Crippen LogP contribution >= 0.6 is 11.8 Å². The summed E-state index contributed by atoms with van der Waals surface area (Å²) in [5.74, 6) is 0.194. The SMILES string of the molecule is CCCCCCn1c(SCC(=O)NC(C)(C)C)nc2ccccc2c1=O. The van der Waals surface area contributed by atoms with Gasteiger partial charge < -0.3 is 5.32 Å². The Hall–Kier alpha value is -1.82. The van der Waals surface area contributed by atoms with Crippen molar-refractivity contribution in [3.8, 4) is 0 Å². The van der Waals surface area contributed by atoms with Gasteiger partial charge in [0.15, 0.2) is 5.16 Å². The van der Waals surface area contributed by atoms with E-state index in [4.69, 9.17) is 0 Å². The van der Waals surface area contributed by atoms with Gasteiger partial charge in [0.1, 0.15) is 0 Å². The van der Waals surface area contributed by atoms with Crippen LogP contribution < -0.4 is 10.9 Å². The Bertz CT molecular complexity index is 809. The fraction of sp³-hybridized carbons (Fsp3) is 0.550. The molecule has 0 radical (unpaired) electrons. The van der Waals surface area contributed by atoms with Crippen molar-refractivity contribution in [1.29, 1.82) is 0 Å². The lowest BCUT2D eigenvalue weighted by Crippen LogP contribution is -2.41. The molecule has 0 aliphatic carbocycles. The molecular formula is C20H29N3O2S. The van der Waals surface area contributed by atoms with Crippen LogP contribution in [0.15, 0.2) is 34.2 Å². The molecule has 1 aromatic carbocycles. The second kappa shape index (κ2) is 9.21. The summed E-state index contributed by atoms with van der Waals surface area (Å²) in [6.45, 7) is 8.66. The lowest BCUT2D eigenvalue weighted by atomic mass is 10.1. The Morgan fingerprint density at radius 1 is 1.19 bits per heavy atom. The predicted molar refractivity (Wildman–Crippen MR) is 109 cm³/mol. The van der Waals surface area contributed by atoms with Gasteiger partial charge in [0, 0.05) is 12.1 Å². The molecular weight excluding hydrogens is 346 g/mol. The molecule has 0 aliphatic rings. The first-order valence-corrected chi connectivity index (χ1v) is 10.2. The number of amides is 1. The number of thioether (sulfide) groups is 1. The van der Waals surface area contributed by atoms with Gasteiger partial charge >= 0.3 is 0 Å². The van der Waals surface area contributed by atoms with Gasteiger partial charge in [0.2, 0.25) is 5.91 Å². The largest absolute Gasteiger partial charge is 0.351 e. The summed E-state index contributed by atoms with van der Waals surface area (Å²) in [7, 11) is 0. The number of rotatable bonds is 8. The Morgan fingerprint density at radius 2 is 1.92 bits per heavy atom. The summed E-state index contributed by atoms with van der Waals surface area (Å²) in [5, 5.41) is 4.20. The zero-order valence-corrected chi connectivity index (χ0v) is 17.0. The van der Waals surface area contributed by atoms with Crippen LogP contribution in [-0.2, 0) is 11.3 Å². The maximum absolute atomic E-state index is 12.9. The minimum Gasteiger partial charge on any atom is -0.351 e. The van der Waals surface area contributed by atoms with Gasteiger partial charge in [0.05, 0.1) is 16.7 Å². The molecule has 2 aromatic rings. The highest BCUT2D eigenvalue weighted by atomic mass is 32.2. The van der Waals surface area contributed by atoms with E-state index in [1.165, 1.54) is 11.8 Å². The molecule has 0 aliphatic heterocycles. The van der Waals surface area contributed by atoms with Crippen LogP contribution in [0.2, 0.25) is 0 Å². The van der Waals surface area contributed by atoms with Crippen LogP contribution in [0, 0.1) is 0 Å². The smallest absolute Gasteiger partial charge is 0.262 e. The molecule has 0 spiro atoms. The number of hydrogen-bond donors (Lipinski definition) is 1. The predicted octanol–water partition coefficient (Wildman–Crippen LogP) is 3.98. The Morgan fingerprint density at radius 3 is 2.62 bits per heavy atom. The summed E-state index contributed by atoms with van der Waals surface area (Å²) < 4.78 is 1.73. The number of benzene rings is 1. The molecule has 1 heterocycles. The van der Waals surface area contributed by atoms with Crippen molar-refractivity contribution in [1.82, 2.24) is 14.9 Å². The minimum atomic E-state index is -0.270. The van der Waals surface area contributed by atoms with Gasteiger partial charge in [-0.15, -0.1) is 0 Å². The molecule has 5 nitrogen and oxygen atoms in total. The highest BCUT2D eigenvalue weighted by Crippen LogP contribution is 2.19. The number of nitrogens with one attached hydrogen (secondary N) is 1. The quantitative estimate of drug-likeness (QED) is 0.430. The molecule has 1 aromatic heterocycles. The Kier molecular flexibility index (Phi) is 7.26. The average molecular weight is 376 g/mol. The van der Waals surface area contributed by atoms with Gasteiger partial charge in [0.25, 0.3) is 5.56 Å². The Balaban J connectivity index is 2.24. The molecule has 1 amide bonds. The average Bonchev–Trinajstić information content (AvgIpc) is 2.57. The standard InChI is InChI=1S/C20H29N3O2S/c1-5-6-7-10-13-23-18(25)15-11-8-9-12-16(15)21-19(23)26-14-17(24)22-20(2,3)4/h8-9,11-12H,5-7,10,13-14H2,1-4H3,(H,22,24). The Labute approximate surface area is 159 Å². The van der Waals surface area contributed by atoms with E-state index in [0.717, 1.165) is 25.7 Å². The molecule has 1 N–H and O–H groups in total. The summed E-state index contributed by atoms with van der Waals surface area (Å²) in [5.41, 5.74) is 0.390. The van der Waals surface area contributed by atoms with E-state index >= 15 is 0 Å². The first kappa shape index (κ1) is 20.5. The van der Waals surface area contributed by atoms with E-state index in [9.17, 15) is 9.59 Å². The van der Waals surface area contributed by atoms with Crippen molar-refractivity contribution >= 4 is 28.6 Å². The highest BCUT2D eigenvalue weighted by molar-refractivity contribution is 7.99. The second-order valence-electron chi connectivity index (χ2n) is 7.52. The molecule has 142 valence electrons. The number of nitrogens with zero attached hydrogens (tertiary/aromatic N) is 2. The van der Waals surface area contributed by atoms with Crippen LogP contribution in [0.4, 0.5) is 0 Å². The van der Waals surface area contributed by atoms with Crippen molar-refractivity contribution in [2.45, 2.75) is 70.6 Å². The fourth-order valence-electron chi connectivity index (χ4n) is 2.74. The van der Waals surface area contributed by atoms with Gasteiger partial charge in [-0.25, -0.2) is 4.98 Å². The third kappa shape index (κ3) is 5.87. The molecule has 0 saturated carbocycles. The molecule has 0 fully saturated rings. The van der Waals surface area contributed by atoms with E-state index in [-0.39, 0.29) is 22.8 Å². The first-order valence-electron chi connectivity index (χ1n) is 9.25. The molecule has 0 unspecified atom stereocenters. The van der Waals surface area contributed by atoms with Crippen molar-refractivity contribution in [2.24, 2.45) is 0 Å². The van der Waals surface area contributed by atoms with Gasteiger partial charge in [-0.05, 0) is 39.3 Å². The lowest BCUT2D eigenvalue weighted by molar-refractivity contribution is -0.119. The maximum Gasteiger partial charge on any atom is 0.262 e. The lowest BCUT2D eigenvalue weighted by Gasteiger charge is -2.20. The van der Waals surface area contributed by atoms with E-state index in [1.54, 1.807) is 4.57 Å². The number of fused-ring (bicyclic) bond motifs is 1. The fourth-order valence-corrected chi connectivity index (χ4v) is 3.56. The maximum atomic E-state index is 12.9. The van der Waals surface area contributed by atoms with E-state index in [0.29, 0.717) is 22.6 Å². The summed E-state index contributed by atoms with van der Waals surface area (Å²) in [6, 6.07) is 7.39. The summed E-state index contributed by atoms with van der Waals surface area (Å²) in [6.07, 6.45) is 4.34. The number of para-hydroxylation sites is 1. The number of hydrogen-bond acceptors (Lipinski definition) is 4. The zero-order chi connectivity index (χ0) is 19.2. The summed E-state index contributed by atoms with van der Waals surface area (Å²) >= 11 is 1.33. The van der Waals surface area contributed by atoms with Crippen LogP contribution in [-0.4, -0.2) is 26.8 Å². The number of aromatic nitrogens is 2. The van der Waals surface area contributed by atoms with Crippen LogP contribution in [0.1, 0.15) is 53.4 Å². The number of unbranched alkanes of at least 4 members (excludes halogenated alkanes) is 3. The molecule has 26 heavy (non-hydrogen) atoms. The van der Waals surface area contributed by atoms with Gasteiger partial charge in [-0.3, -0.25) is 14.2 Å². The second-order valence-corrected chi connectivity index (χ2v) is 8.46. The normalized spacial score (nSPS) is 11.7. The van der Waals surface area contributed by atoms with Crippen molar-refractivity contribution in [2.75, 3.05) is 5.75 Å². The van der Waals surface area contributed by atoms with Gasteiger partial charge in [-0.2, -0.15) is 0 Å². The van der Waals surface area contributed by atoms with Crippen molar-refractivity contribution < 1.29 is 4.79 Å². The van der Waals surface area contributed by atoms with E-state index in [2.05, 4.69) is 17.2 Å². The summed E-state index contributed by atoms with van der Waals surface area (Å²) in [4.78, 5) is 29.7. The van der Waals surface area contributed by atoms with Crippen LogP contribution in [0.5, 0.6) is 0 Å². The molecule has 6 heteroatoms. The molecule has 0 atom stereocenters. The molecule has 2 rings (SSSR count). The van der Waals surface area contributed by atoms with Crippen molar-refractivity contribution in [3.63, 3.8) is 0 Å². The molecule has 0 bridgehead atoms. The molecule has 0 saturated heterocycles. The number of carbonyl (C=O) groups excluding carboxylic acids is 1. The monoisotopic (exact) mass is 375 g/mol. The first-order chi connectivity index (χ1) is 12.3. The highest BCUT2D eigenvalue weighted by Gasteiger charge is 2.16. The third-order valence-electron chi connectivity index (χ3n) is 3.91. The van der Waals surface area contributed by atoms with Crippen LogP contribution in [0.3, 0.4) is 0 Å². The topological polar surface area (TPSA) is 64.0 Å². The van der Waals surface area contributed by atoms with E-state index < -0.39 is 0 Å². The van der Waals surface area contributed by atoms with Gasteiger partial charge in [-0.1, -0.05) is 50.1 Å². The minimum absolute atomic E-state index is 0.0224.